The lowest BCUT2D eigenvalue weighted by Gasteiger charge is -2.34. The van der Waals surface area contributed by atoms with Crippen molar-refractivity contribution >= 4 is 5.91 Å². The molecule has 1 N–H and O–H groups in total. The third kappa shape index (κ3) is 5.44. The minimum Gasteiger partial charge on any atom is -0.508 e. The number of hydrogen-bond donors (Lipinski definition) is 1. The van der Waals surface area contributed by atoms with E-state index in [1.54, 1.807) is 6.07 Å². The Bertz CT molecular complexity index is 570. The Labute approximate surface area is 151 Å². The zero-order valence-corrected chi connectivity index (χ0v) is 15.4. The van der Waals surface area contributed by atoms with Crippen LogP contribution < -0.4 is 0 Å². The van der Waals surface area contributed by atoms with E-state index in [2.05, 4.69) is 22.9 Å². The van der Waals surface area contributed by atoms with E-state index in [1.165, 1.54) is 12.8 Å². The number of benzene rings is 1. The molecule has 2 heterocycles. The molecule has 5 heteroatoms. The Morgan fingerprint density at radius 1 is 1.20 bits per heavy atom. The van der Waals surface area contributed by atoms with Gasteiger partial charge in [0, 0.05) is 45.7 Å². The van der Waals surface area contributed by atoms with Crippen LogP contribution in [-0.2, 0) is 11.3 Å². The van der Waals surface area contributed by atoms with Gasteiger partial charge in [-0.3, -0.25) is 9.69 Å². The summed E-state index contributed by atoms with van der Waals surface area (Å²) in [4.78, 5) is 19.2. The van der Waals surface area contributed by atoms with Gasteiger partial charge in [-0.1, -0.05) is 12.1 Å². The van der Waals surface area contributed by atoms with Crippen molar-refractivity contribution in [1.29, 1.82) is 0 Å². The molecule has 0 unspecified atom stereocenters. The first kappa shape index (κ1) is 18.2. The normalized spacial score (nSPS) is 22.9. The van der Waals surface area contributed by atoms with Crippen molar-refractivity contribution in [2.24, 2.45) is 5.92 Å². The van der Waals surface area contributed by atoms with E-state index in [0.717, 1.165) is 57.8 Å². The molecule has 138 valence electrons. The highest BCUT2D eigenvalue weighted by molar-refractivity contribution is 5.76. The summed E-state index contributed by atoms with van der Waals surface area (Å²) in [5, 5.41) is 9.62. The topological polar surface area (TPSA) is 47.0 Å². The largest absolute Gasteiger partial charge is 0.508 e. The summed E-state index contributed by atoms with van der Waals surface area (Å²) in [6, 6.07) is 7.54. The summed E-state index contributed by atoms with van der Waals surface area (Å²) in [6.45, 7) is 6.80. The van der Waals surface area contributed by atoms with Crippen LogP contribution in [0.4, 0.5) is 0 Å². The van der Waals surface area contributed by atoms with Crippen LogP contribution >= 0.6 is 0 Å². The third-order valence-corrected chi connectivity index (χ3v) is 5.54. The first-order valence-electron chi connectivity index (χ1n) is 9.57. The average Bonchev–Trinajstić information content (AvgIpc) is 2.61. The van der Waals surface area contributed by atoms with E-state index in [9.17, 15) is 9.90 Å². The van der Waals surface area contributed by atoms with Gasteiger partial charge in [0.2, 0.25) is 5.91 Å². The van der Waals surface area contributed by atoms with Crippen LogP contribution in [0.3, 0.4) is 0 Å². The van der Waals surface area contributed by atoms with E-state index in [1.807, 2.05) is 17.0 Å². The molecule has 1 amide bonds. The van der Waals surface area contributed by atoms with E-state index in [-0.39, 0.29) is 0 Å². The molecule has 5 nitrogen and oxygen atoms in total. The van der Waals surface area contributed by atoms with Gasteiger partial charge in [0.25, 0.3) is 0 Å². The second kappa shape index (κ2) is 8.68. The number of amides is 1. The van der Waals surface area contributed by atoms with Gasteiger partial charge in [-0.25, -0.2) is 0 Å². The van der Waals surface area contributed by atoms with Crippen LogP contribution in [0.15, 0.2) is 24.3 Å². The number of rotatable bonds is 5. The summed E-state index contributed by atoms with van der Waals surface area (Å²) in [6.07, 6.45) is 4.12. The van der Waals surface area contributed by atoms with Gasteiger partial charge in [-0.15, -0.1) is 0 Å². The van der Waals surface area contributed by atoms with E-state index in [0.29, 0.717) is 24.0 Å². The number of likely N-dealkylation sites (N-methyl/N-ethyl adjacent to an activating group) is 1. The van der Waals surface area contributed by atoms with Crippen molar-refractivity contribution in [2.75, 3.05) is 46.3 Å². The molecule has 0 spiro atoms. The SMILES string of the molecule is CN1CCN(C(=O)CC[C@@H]2CCCN(Cc3cccc(O)c3)C2)CC1. The molecule has 3 rings (SSSR count). The number of nitrogens with zero attached hydrogens (tertiary/aromatic N) is 3. The summed E-state index contributed by atoms with van der Waals surface area (Å²) in [5.74, 6) is 1.28. The Hall–Kier alpha value is -1.59. The number of hydrogen-bond acceptors (Lipinski definition) is 4. The van der Waals surface area contributed by atoms with Crippen molar-refractivity contribution in [3.8, 4) is 5.75 Å². The van der Waals surface area contributed by atoms with Gasteiger partial charge in [0.1, 0.15) is 5.75 Å². The van der Waals surface area contributed by atoms with Gasteiger partial charge in [-0.05, 0) is 56.5 Å². The van der Waals surface area contributed by atoms with Gasteiger partial charge in [0.05, 0.1) is 0 Å². The number of aromatic hydroxyl groups is 1. The maximum Gasteiger partial charge on any atom is 0.222 e. The number of phenolic OH excluding ortho intramolecular Hbond substituents is 1. The summed E-state index contributed by atoms with van der Waals surface area (Å²) in [7, 11) is 2.12. The zero-order valence-electron chi connectivity index (χ0n) is 15.4. The Kier molecular flexibility index (Phi) is 6.32. The number of phenols is 1. The molecule has 2 saturated heterocycles. The molecule has 25 heavy (non-hydrogen) atoms. The maximum absolute atomic E-state index is 12.4. The average molecular weight is 345 g/mol. The van der Waals surface area contributed by atoms with Gasteiger partial charge >= 0.3 is 0 Å². The van der Waals surface area contributed by atoms with Crippen LogP contribution in [0.2, 0.25) is 0 Å². The number of piperidine rings is 1. The van der Waals surface area contributed by atoms with Gasteiger partial charge in [-0.2, -0.15) is 0 Å². The first-order chi connectivity index (χ1) is 12.1. The number of carbonyl (C=O) groups excluding carboxylic acids is 1. The molecule has 2 aliphatic heterocycles. The van der Waals surface area contributed by atoms with E-state index >= 15 is 0 Å². The maximum atomic E-state index is 12.4. The van der Waals surface area contributed by atoms with Crippen molar-refractivity contribution in [3.63, 3.8) is 0 Å². The predicted molar refractivity (Wildman–Crippen MR) is 99.4 cm³/mol. The number of piperazine rings is 1. The predicted octanol–water partition coefficient (Wildman–Crippen LogP) is 2.16. The van der Waals surface area contributed by atoms with Gasteiger partial charge < -0.3 is 14.9 Å². The highest BCUT2D eigenvalue weighted by atomic mass is 16.3. The molecule has 0 saturated carbocycles. The lowest BCUT2D eigenvalue weighted by Crippen LogP contribution is -2.47. The third-order valence-electron chi connectivity index (χ3n) is 5.54. The highest BCUT2D eigenvalue weighted by Crippen LogP contribution is 2.23. The summed E-state index contributed by atoms with van der Waals surface area (Å²) >= 11 is 0. The Balaban J connectivity index is 1.43. The van der Waals surface area contributed by atoms with Crippen molar-refractivity contribution in [3.05, 3.63) is 29.8 Å². The molecule has 1 atom stereocenters. The lowest BCUT2D eigenvalue weighted by molar-refractivity contribution is -0.133. The standard InChI is InChI=1S/C20H31N3O2/c1-21-10-12-23(13-11-21)20(25)8-7-17-5-3-9-22(15-17)16-18-4-2-6-19(24)14-18/h2,4,6,14,17,24H,3,5,7-13,15-16H2,1H3/t17-/m0/s1. The molecule has 0 aliphatic carbocycles. The lowest BCUT2D eigenvalue weighted by atomic mass is 9.92. The first-order valence-corrected chi connectivity index (χ1v) is 9.57. The molecular formula is C20H31N3O2. The Morgan fingerprint density at radius 3 is 2.76 bits per heavy atom. The second-order valence-corrected chi connectivity index (χ2v) is 7.64. The smallest absolute Gasteiger partial charge is 0.222 e. The van der Waals surface area contributed by atoms with Gasteiger partial charge in [0.15, 0.2) is 0 Å². The number of likely N-dealkylation sites (tertiary alicyclic amines) is 1. The monoisotopic (exact) mass is 345 g/mol. The van der Waals surface area contributed by atoms with Crippen LogP contribution in [-0.4, -0.2) is 72.0 Å². The molecule has 0 radical (unpaired) electrons. The molecule has 1 aromatic rings. The molecular weight excluding hydrogens is 314 g/mol. The minimum absolute atomic E-state index is 0.332. The van der Waals surface area contributed by atoms with Crippen molar-refractivity contribution in [1.82, 2.24) is 14.7 Å². The minimum atomic E-state index is 0.332. The van der Waals surface area contributed by atoms with Crippen molar-refractivity contribution in [2.45, 2.75) is 32.2 Å². The highest BCUT2D eigenvalue weighted by Gasteiger charge is 2.23. The second-order valence-electron chi connectivity index (χ2n) is 7.64. The fourth-order valence-corrected chi connectivity index (χ4v) is 3.99. The van der Waals surface area contributed by atoms with Crippen molar-refractivity contribution < 1.29 is 9.90 Å². The van der Waals surface area contributed by atoms with Crippen LogP contribution in [0, 0.1) is 5.92 Å². The summed E-state index contributed by atoms with van der Waals surface area (Å²) in [5.41, 5.74) is 1.16. The fraction of sp³-hybridized carbons (Fsp3) is 0.650. The van der Waals surface area contributed by atoms with E-state index in [4.69, 9.17) is 0 Å². The molecule has 2 fully saturated rings. The zero-order chi connectivity index (χ0) is 17.6. The fourth-order valence-electron chi connectivity index (χ4n) is 3.99. The molecule has 0 bridgehead atoms. The van der Waals surface area contributed by atoms with Crippen LogP contribution in [0.1, 0.15) is 31.2 Å². The van der Waals surface area contributed by atoms with Crippen LogP contribution in [0.5, 0.6) is 5.75 Å². The Morgan fingerprint density at radius 2 is 2.00 bits per heavy atom. The van der Waals surface area contributed by atoms with Crippen LogP contribution in [0.25, 0.3) is 0 Å². The summed E-state index contributed by atoms with van der Waals surface area (Å²) < 4.78 is 0. The quantitative estimate of drug-likeness (QED) is 0.888. The molecule has 1 aromatic carbocycles. The molecule has 2 aliphatic rings. The number of carbonyl (C=O) groups is 1. The van der Waals surface area contributed by atoms with E-state index < -0.39 is 0 Å². The molecule has 0 aromatic heterocycles.